The third-order valence-electron chi connectivity index (χ3n) is 2.63. The Balaban J connectivity index is 2.05. The molecule has 2 rings (SSSR count). The maximum absolute atomic E-state index is 11.2. The minimum absolute atomic E-state index is 0.205. The zero-order valence-electron chi connectivity index (χ0n) is 10.2. The summed E-state index contributed by atoms with van der Waals surface area (Å²) < 4.78 is 31.4. The lowest BCUT2D eigenvalue weighted by molar-refractivity contribution is 0.483. The summed E-state index contributed by atoms with van der Waals surface area (Å²) >= 11 is 0. The summed E-state index contributed by atoms with van der Waals surface area (Å²) in [4.78, 5) is 3.49. The van der Waals surface area contributed by atoms with Crippen LogP contribution >= 0.6 is 0 Å². The van der Waals surface area contributed by atoms with Crippen LogP contribution in [0.4, 0.5) is 5.69 Å². The number of nitrogens with zero attached hydrogens (tertiary/aromatic N) is 1. The van der Waals surface area contributed by atoms with Crippen LogP contribution in [0, 0.1) is 0 Å². The Morgan fingerprint density at radius 1 is 1.16 bits per heavy atom. The second-order valence-corrected chi connectivity index (χ2v) is 5.40. The highest BCUT2D eigenvalue weighted by Gasteiger charge is 2.14. The van der Waals surface area contributed by atoms with Gasteiger partial charge in [-0.2, -0.15) is 8.42 Å². The van der Waals surface area contributed by atoms with Crippen LogP contribution < -0.4 is 5.32 Å². The van der Waals surface area contributed by atoms with Crippen LogP contribution in [0.15, 0.2) is 53.7 Å². The monoisotopic (exact) mass is 278 g/mol. The van der Waals surface area contributed by atoms with Crippen LogP contribution in [0.5, 0.6) is 0 Å². The van der Waals surface area contributed by atoms with Crippen molar-refractivity contribution in [1.82, 2.24) is 4.98 Å². The summed E-state index contributed by atoms with van der Waals surface area (Å²) in [7, 11) is -4.25. The minimum Gasteiger partial charge on any atom is -0.383 e. The van der Waals surface area contributed by atoms with Crippen molar-refractivity contribution < 1.29 is 13.0 Å². The Morgan fingerprint density at radius 3 is 2.58 bits per heavy atom. The highest BCUT2D eigenvalue weighted by Crippen LogP contribution is 2.18. The maximum Gasteiger partial charge on any atom is 0.298 e. The average molecular weight is 278 g/mol. The molecule has 0 aliphatic carbocycles. The van der Waals surface area contributed by atoms with E-state index in [0.717, 1.165) is 18.2 Å². The molecule has 0 fully saturated rings. The molecule has 6 heteroatoms. The van der Waals surface area contributed by atoms with E-state index in [0.29, 0.717) is 12.2 Å². The number of hydrogen-bond donors (Lipinski definition) is 2. The molecule has 0 unspecified atom stereocenters. The van der Waals surface area contributed by atoms with Gasteiger partial charge in [0.25, 0.3) is 10.1 Å². The fourth-order valence-electron chi connectivity index (χ4n) is 1.72. The van der Waals surface area contributed by atoms with Gasteiger partial charge in [-0.3, -0.25) is 9.54 Å². The summed E-state index contributed by atoms with van der Waals surface area (Å²) in [6.07, 6.45) is 3.35. The first-order chi connectivity index (χ1) is 9.07. The van der Waals surface area contributed by atoms with Gasteiger partial charge in [0.1, 0.15) is 4.90 Å². The topological polar surface area (TPSA) is 79.3 Å². The van der Waals surface area contributed by atoms with E-state index in [1.165, 1.54) is 12.3 Å². The summed E-state index contributed by atoms with van der Waals surface area (Å²) in [5.74, 6) is 0. The largest absolute Gasteiger partial charge is 0.383 e. The van der Waals surface area contributed by atoms with Gasteiger partial charge in [-0.25, -0.2) is 0 Å². The fraction of sp³-hybridized carbons (Fsp3) is 0.154. The molecular formula is C13H14N2O3S. The number of aromatic nitrogens is 1. The second kappa shape index (κ2) is 5.81. The molecule has 1 heterocycles. The van der Waals surface area contributed by atoms with Crippen LogP contribution in [0.3, 0.4) is 0 Å². The van der Waals surface area contributed by atoms with Crippen molar-refractivity contribution in [2.24, 2.45) is 0 Å². The first-order valence-electron chi connectivity index (χ1n) is 5.76. The van der Waals surface area contributed by atoms with E-state index < -0.39 is 10.1 Å². The van der Waals surface area contributed by atoms with E-state index >= 15 is 0 Å². The zero-order valence-corrected chi connectivity index (χ0v) is 11.0. The Bertz CT molecular complexity index is 642. The second-order valence-electron chi connectivity index (χ2n) is 4.01. The van der Waals surface area contributed by atoms with Gasteiger partial charge < -0.3 is 5.32 Å². The van der Waals surface area contributed by atoms with Crippen LogP contribution in [0.2, 0.25) is 0 Å². The molecule has 0 spiro atoms. The summed E-state index contributed by atoms with van der Waals surface area (Å²) in [6.45, 7) is 0.566. The van der Waals surface area contributed by atoms with Gasteiger partial charge in [-0.1, -0.05) is 30.3 Å². The third-order valence-corrected chi connectivity index (χ3v) is 3.52. The van der Waals surface area contributed by atoms with Crippen LogP contribution in [-0.2, 0) is 16.5 Å². The van der Waals surface area contributed by atoms with Crippen molar-refractivity contribution in [1.29, 1.82) is 0 Å². The van der Waals surface area contributed by atoms with Crippen LogP contribution in [-0.4, -0.2) is 24.5 Å². The molecule has 2 N–H and O–H groups in total. The van der Waals surface area contributed by atoms with Crippen LogP contribution in [0.25, 0.3) is 0 Å². The molecule has 1 aromatic heterocycles. The van der Waals surface area contributed by atoms with Crippen molar-refractivity contribution in [3.05, 3.63) is 54.4 Å². The molecule has 0 radical (unpaired) electrons. The van der Waals surface area contributed by atoms with Gasteiger partial charge in [-0.15, -0.1) is 0 Å². The lowest BCUT2D eigenvalue weighted by atomic mass is 10.1. The summed E-state index contributed by atoms with van der Waals surface area (Å²) in [6, 6.07) is 11.4. The van der Waals surface area contributed by atoms with Gasteiger partial charge in [0.05, 0.1) is 11.9 Å². The predicted octanol–water partition coefficient (Wildman–Crippen LogP) is 1.98. The molecule has 19 heavy (non-hydrogen) atoms. The Morgan fingerprint density at radius 2 is 1.89 bits per heavy atom. The number of anilines is 1. The number of nitrogens with one attached hydrogen (secondary N) is 1. The summed E-state index contributed by atoms with van der Waals surface area (Å²) in [5.41, 5.74) is 1.51. The highest BCUT2D eigenvalue weighted by atomic mass is 32.2. The van der Waals surface area contributed by atoms with Crippen molar-refractivity contribution in [2.75, 3.05) is 11.9 Å². The quantitative estimate of drug-likeness (QED) is 0.818. The van der Waals surface area contributed by atoms with E-state index in [2.05, 4.69) is 10.3 Å². The lowest BCUT2D eigenvalue weighted by Gasteiger charge is -2.09. The lowest BCUT2D eigenvalue weighted by Crippen LogP contribution is -2.09. The van der Waals surface area contributed by atoms with E-state index in [-0.39, 0.29) is 4.90 Å². The molecule has 0 saturated carbocycles. The van der Waals surface area contributed by atoms with Gasteiger partial charge in [-0.05, 0) is 18.1 Å². The van der Waals surface area contributed by atoms with E-state index in [4.69, 9.17) is 4.55 Å². The minimum atomic E-state index is -4.25. The Kier molecular flexibility index (Phi) is 4.13. The van der Waals surface area contributed by atoms with Gasteiger partial charge in [0.2, 0.25) is 0 Å². The third kappa shape index (κ3) is 3.77. The SMILES string of the molecule is O=S(=O)(O)c1cnccc1NCCc1ccccc1. The van der Waals surface area contributed by atoms with Crippen molar-refractivity contribution in [2.45, 2.75) is 11.3 Å². The van der Waals surface area contributed by atoms with E-state index in [9.17, 15) is 8.42 Å². The molecule has 1 aromatic carbocycles. The zero-order chi connectivity index (χ0) is 13.7. The normalized spacial score (nSPS) is 11.2. The smallest absolute Gasteiger partial charge is 0.298 e. The molecule has 0 atom stereocenters. The van der Waals surface area contributed by atoms with Gasteiger partial charge in [0.15, 0.2) is 0 Å². The van der Waals surface area contributed by atoms with Gasteiger partial charge in [0, 0.05) is 12.7 Å². The number of hydrogen-bond acceptors (Lipinski definition) is 4. The number of benzene rings is 1. The fourth-order valence-corrected chi connectivity index (χ4v) is 2.33. The molecule has 0 bridgehead atoms. The number of rotatable bonds is 5. The molecule has 100 valence electrons. The average Bonchev–Trinajstić information content (AvgIpc) is 2.39. The molecule has 0 amide bonds. The molecular weight excluding hydrogens is 264 g/mol. The Labute approximate surface area is 112 Å². The van der Waals surface area contributed by atoms with Crippen molar-refractivity contribution in [3.63, 3.8) is 0 Å². The summed E-state index contributed by atoms with van der Waals surface area (Å²) in [5, 5.41) is 2.99. The van der Waals surface area contributed by atoms with Crippen molar-refractivity contribution in [3.8, 4) is 0 Å². The maximum atomic E-state index is 11.2. The number of pyridine rings is 1. The van der Waals surface area contributed by atoms with E-state index in [1.54, 1.807) is 0 Å². The Hall–Kier alpha value is -1.92. The molecule has 5 nitrogen and oxygen atoms in total. The van der Waals surface area contributed by atoms with Crippen molar-refractivity contribution >= 4 is 15.8 Å². The first kappa shape index (κ1) is 13.5. The standard InChI is InChI=1S/C13H14N2O3S/c16-19(17,18)13-10-14-8-7-12(13)15-9-6-11-4-2-1-3-5-11/h1-5,7-8,10H,6,9H2,(H,14,15)(H,16,17,18). The van der Waals surface area contributed by atoms with Crippen LogP contribution in [0.1, 0.15) is 5.56 Å². The molecule has 2 aromatic rings. The van der Waals surface area contributed by atoms with Gasteiger partial charge >= 0.3 is 0 Å². The predicted molar refractivity (Wildman–Crippen MR) is 72.7 cm³/mol. The molecule has 0 aliphatic heterocycles. The highest BCUT2D eigenvalue weighted by molar-refractivity contribution is 7.86. The first-order valence-corrected chi connectivity index (χ1v) is 7.20. The molecule has 0 saturated heterocycles. The molecule has 0 aliphatic rings. The van der Waals surface area contributed by atoms with E-state index in [1.807, 2.05) is 30.3 Å².